The van der Waals surface area contributed by atoms with Crippen molar-refractivity contribution in [3.05, 3.63) is 118 Å². The van der Waals surface area contributed by atoms with E-state index in [0.717, 1.165) is 70.6 Å². The van der Waals surface area contributed by atoms with E-state index in [9.17, 15) is 15.1 Å². The lowest BCUT2D eigenvalue weighted by molar-refractivity contribution is 0.377. The smallest absolute Gasteiger partial charge is 0.460 e. The topological polar surface area (TPSA) is 79.2 Å². The molecule has 59 heavy (non-hydrogen) atoms. The Kier molecular flexibility index (Phi) is 20.8. The molecule has 4 aromatic carbocycles. The van der Waals surface area contributed by atoms with Gasteiger partial charge in [0.15, 0.2) is 0 Å². The Morgan fingerprint density at radius 3 is 1.15 bits per heavy atom. The number of hydrogen-bond acceptors (Lipinski definition) is 5. The first-order valence-corrected chi connectivity index (χ1v) is 23.8. The molecule has 0 bridgehead atoms. The molecule has 0 atom stereocenters. The van der Waals surface area contributed by atoms with Gasteiger partial charge in [0.1, 0.15) is 23.0 Å². The molecule has 0 aromatic heterocycles. The quantitative estimate of drug-likeness (QED) is 0.0543. The van der Waals surface area contributed by atoms with Crippen LogP contribution in [-0.4, -0.2) is 15.1 Å². The van der Waals surface area contributed by atoms with Crippen molar-refractivity contribution < 1.29 is 24.2 Å². The molecular formula is C53H79O5P. The highest BCUT2D eigenvalue weighted by Gasteiger charge is 2.29. The highest BCUT2D eigenvalue weighted by Crippen LogP contribution is 2.42. The van der Waals surface area contributed by atoms with Crippen LogP contribution in [0.4, 0.5) is 0 Å². The minimum Gasteiger partial charge on any atom is -0.508 e. The fourth-order valence-electron chi connectivity index (χ4n) is 7.55. The maximum Gasteiger partial charge on any atom is 0.460 e. The van der Waals surface area contributed by atoms with Crippen molar-refractivity contribution in [3.63, 3.8) is 0 Å². The van der Waals surface area contributed by atoms with Crippen LogP contribution in [0.5, 0.6) is 23.0 Å². The predicted octanol–water partition coefficient (Wildman–Crippen LogP) is 16.0. The minimum atomic E-state index is -2.02. The lowest BCUT2D eigenvalue weighted by Gasteiger charge is -2.31. The summed E-state index contributed by atoms with van der Waals surface area (Å²) in [6.07, 6.45) is 20.0. The molecule has 0 aliphatic rings. The van der Waals surface area contributed by atoms with Crippen LogP contribution in [0.1, 0.15) is 193 Å². The normalized spacial score (nSPS) is 12.0. The molecule has 0 unspecified atom stereocenters. The predicted molar refractivity (Wildman–Crippen MR) is 252 cm³/mol. The van der Waals surface area contributed by atoms with E-state index in [1.807, 2.05) is 48.5 Å². The standard InChI is InChI=1S/C30H47O3P.C23H32O2/c1-3-5-7-9-11-13-15-21-27-23-17-19-25-29(27)32-34(31)33-30-26-20-18-24-28(30)22-16-14-12-10-8-6-4-2;1-21(2,3)17-13-15(9-11-19(17)24)23(7,8)16-10-12-20(25)18(14-16)22(4,5)6/h17-20,23-26,31H,3-16,21-22H2,1-2H3;9-14,24-25H,1-8H3. The maximum absolute atomic E-state index is 10.6. The Labute approximate surface area is 361 Å². The zero-order valence-electron chi connectivity index (χ0n) is 38.5. The van der Waals surface area contributed by atoms with Crippen LogP contribution in [-0.2, 0) is 29.1 Å². The summed E-state index contributed by atoms with van der Waals surface area (Å²) in [5.41, 5.74) is 6.03. The SMILES string of the molecule is CC(C)(C)c1cc(C(C)(C)c2ccc(O)c(C(C)(C)C)c2)ccc1O.CCCCCCCCCc1ccccc1OP(O)Oc1ccccc1CCCCCCCCC. The third kappa shape index (κ3) is 16.8. The van der Waals surface area contributed by atoms with Crippen molar-refractivity contribution in [1.29, 1.82) is 0 Å². The van der Waals surface area contributed by atoms with Crippen LogP contribution in [0, 0.1) is 0 Å². The van der Waals surface area contributed by atoms with Crippen molar-refractivity contribution in [2.24, 2.45) is 0 Å². The molecule has 0 saturated heterocycles. The summed E-state index contributed by atoms with van der Waals surface area (Å²) in [5.74, 6) is 2.17. The Balaban J connectivity index is 0.000000330. The van der Waals surface area contributed by atoms with Gasteiger partial charge in [-0.15, -0.1) is 0 Å². The van der Waals surface area contributed by atoms with Crippen molar-refractivity contribution in [2.45, 2.75) is 188 Å². The van der Waals surface area contributed by atoms with Gasteiger partial charge in [-0.2, -0.15) is 0 Å². The second-order valence-electron chi connectivity index (χ2n) is 19.0. The number of phenolic OH excluding ortho intramolecular Hbond substituents is 2. The first kappa shape index (κ1) is 49.8. The molecular weight excluding hydrogens is 748 g/mol. The fourth-order valence-corrected chi connectivity index (χ4v) is 8.28. The molecule has 0 heterocycles. The number of unbranched alkanes of at least 4 members (excludes halogenated alkanes) is 12. The fraction of sp³-hybridized carbons (Fsp3) is 0.547. The van der Waals surface area contributed by atoms with Gasteiger partial charge in [0.25, 0.3) is 0 Å². The van der Waals surface area contributed by atoms with E-state index in [2.05, 4.69) is 93.5 Å². The van der Waals surface area contributed by atoms with Gasteiger partial charge in [-0.1, -0.05) is 207 Å². The molecule has 0 saturated carbocycles. The minimum absolute atomic E-state index is 0.123. The first-order chi connectivity index (χ1) is 28.0. The Bertz CT molecular complexity index is 1670. The number of phenols is 2. The molecule has 0 aliphatic heterocycles. The van der Waals surface area contributed by atoms with Gasteiger partial charge in [-0.3, -0.25) is 0 Å². The highest BCUT2D eigenvalue weighted by molar-refractivity contribution is 7.41. The van der Waals surface area contributed by atoms with E-state index < -0.39 is 8.60 Å². The van der Waals surface area contributed by atoms with Crippen LogP contribution in [0.2, 0.25) is 0 Å². The third-order valence-electron chi connectivity index (χ3n) is 11.4. The van der Waals surface area contributed by atoms with Gasteiger partial charge in [0, 0.05) is 5.41 Å². The summed E-state index contributed by atoms with van der Waals surface area (Å²) in [5, 5.41) is 20.5. The van der Waals surface area contributed by atoms with Crippen molar-refractivity contribution in [1.82, 2.24) is 0 Å². The lowest BCUT2D eigenvalue weighted by atomic mass is 9.73. The molecule has 5 nitrogen and oxygen atoms in total. The molecule has 0 fully saturated rings. The van der Waals surface area contributed by atoms with Crippen LogP contribution >= 0.6 is 8.60 Å². The number of rotatable bonds is 22. The van der Waals surface area contributed by atoms with Crippen LogP contribution in [0.15, 0.2) is 84.9 Å². The van der Waals surface area contributed by atoms with Crippen molar-refractivity contribution >= 4 is 8.60 Å². The van der Waals surface area contributed by atoms with Gasteiger partial charge in [0.2, 0.25) is 0 Å². The summed E-state index contributed by atoms with van der Waals surface area (Å²) in [6.45, 7) is 21.5. The van der Waals surface area contributed by atoms with Gasteiger partial charge in [-0.25, -0.2) is 0 Å². The van der Waals surface area contributed by atoms with Crippen LogP contribution in [0.3, 0.4) is 0 Å². The molecule has 4 aromatic rings. The molecule has 3 N–H and O–H groups in total. The number of benzene rings is 4. The Morgan fingerprint density at radius 1 is 0.458 bits per heavy atom. The summed E-state index contributed by atoms with van der Waals surface area (Å²) in [7, 11) is -2.02. The van der Waals surface area contributed by atoms with E-state index in [1.54, 1.807) is 12.1 Å². The Hall–Kier alpha value is -3.53. The van der Waals surface area contributed by atoms with E-state index in [4.69, 9.17) is 9.05 Å². The summed E-state index contributed by atoms with van der Waals surface area (Å²) < 4.78 is 11.8. The molecule has 0 amide bonds. The van der Waals surface area contributed by atoms with E-state index in [-0.39, 0.29) is 16.2 Å². The average molecular weight is 827 g/mol. The molecule has 0 radical (unpaired) electrons. The largest absolute Gasteiger partial charge is 0.508 e. The van der Waals surface area contributed by atoms with E-state index >= 15 is 0 Å². The van der Waals surface area contributed by atoms with Crippen molar-refractivity contribution in [2.75, 3.05) is 0 Å². The number of aryl methyl sites for hydroxylation is 2. The van der Waals surface area contributed by atoms with Crippen molar-refractivity contribution in [3.8, 4) is 23.0 Å². The average Bonchev–Trinajstić information content (AvgIpc) is 3.18. The summed E-state index contributed by atoms with van der Waals surface area (Å²) >= 11 is 0. The van der Waals surface area contributed by atoms with Gasteiger partial charge < -0.3 is 24.2 Å². The monoisotopic (exact) mass is 827 g/mol. The lowest BCUT2D eigenvalue weighted by Crippen LogP contribution is -2.22. The van der Waals surface area contributed by atoms with E-state index in [0.29, 0.717) is 11.5 Å². The number of hydrogen-bond donors (Lipinski definition) is 3. The molecule has 0 spiro atoms. The molecule has 0 aliphatic carbocycles. The number of aromatic hydroxyl groups is 2. The Morgan fingerprint density at radius 2 is 0.797 bits per heavy atom. The highest BCUT2D eigenvalue weighted by atomic mass is 31.2. The summed E-state index contributed by atoms with van der Waals surface area (Å²) in [4.78, 5) is 10.6. The maximum atomic E-state index is 10.6. The van der Waals surface area contributed by atoms with Crippen LogP contribution < -0.4 is 9.05 Å². The zero-order valence-corrected chi connectivity index (χ0v) is 39.4. The second-order valence-corrected chi connectivity index (χ2v) is 19.8. The molecule has 326 valence electrons. The van der Waals surface area contributed by atoms with Gasteiger partial charge in [-0.05, 0) is 94.2 Å². The molecule has 6 heteroatoms. The van der Waals surface area contributed by atoms with Gasteiger partial charge in [0.05, 0.1) is 0 Å². The van der Waals surface area contributed by atoms with Gasteiger partial charge >= 0.3 is 8.60 Å². The van der Waals surface area contributed by atoms with E-state index in [1.165, 1.54) is 77.0 Å². The van der Waals surface area contributed by atoms with Crippen LogP contribution in [0.25, 0.3) is 0 Å². The first-order valence-electron chi connectivity index (χ1n) is 22.7. The molecule has 4 rings (SSSR count). The second kappa shape index (κ2) is 24.7. The zero-order chi connectivity index (χ0) is 43.5. The summed E-state index contributed by atoms with van der Waals surface area (Å²) in [6, 6.07) is 27.9. The third-order valence-corrected chi connectivity index (χ3v) is 12.2. The number of para-hydroxylation sites is 2.